The molecule has 2 aliphatic carbocycles. The van der Waals surface area contributed by atoms with Crippen molar-refractivity contribution in [1.29, 1.82) is 0 Å². The smallest absolute Gasteiger partial charge is 0.208 e. The van der Waals surface area contributed by atoms with Crippen molar-refractivity contribution in [3.05, 3.63) is 23.1 Å². The molecule has 0 saturated heterocycles. The summed E-state index contributed by atoms with van der Waals surface area (Å²) in [5, 5.41) is 0. The molecule has 0 aromatic heterocycles. The first-order valence-electron chi connectivity index (χ1n) is 6.47. The SMILES string of the molecule is CC1CCCC(NS(=O)(=O)C2=CCCC=C2)C1. The molecule has 0 bridgehead atoms. The summed E-state index contributed by atoms with van der Waals surface area (Å²) in [6.45, 7) is 2.19. The zero-order valence-electron chi connectivity index (χ0n) is 10.4. The van der Waals surface area contributed by atoms with Crippen LogP contribution in [-0.4, -0.2) is 14.5 Å². The second kappa shape index (κ2) is 5.36. The van der Waals surface area contributed by atoms with E-state index in [1.54, 1.807) is 6.08 Å². The molecule has 0 aromatic rings. The monoisotopic (exact) mass is 255 g/mol. The Hall–Kier alpha value is -0.610. The van der Waals surface area contributed by atoms with Crippen molar-refractivity contribution in [2.45, 2.75) is 51.5 Å². The van der Waals surface area contributed by atoms with E-state index >= 15 is 0 Å². The molecule has 1 N–H and O–H groups in total. The van der Waals surface area contributed by atoms with Crippen LogP contribution in [0, 0.1) is 5.92 Å². The maximum atomic E-state index is 12.1. The molecule has 0 aliphatic heterocycles. The topological polar surface area (TPSA) is 46.2 Å². The first kappa shape index (κ1) is 12.8. The van der Waals surface area contributed by atoms with Crippen LogP contribution >= 0.6 is 0 Å². The van der Waals surface area contributed by atoms with E-state index < -0.39 is 10.0 Å². The predicted octanol–water partition coefficient (Wildman–Crippen LogP) is 2.72. The summed E-state index contributed by atoms with van der Waals surface area (Å²) in [5.41, 5.74) is 0. The lowest BCUT2D eigenvalue weighted by Gasteiger charge is -2.27. The third-order valence-corrected chi connectivity index (χ3v) is 5.10. The van der Waals surface area contributed by atoms with Crippen LogP contribution in [0.3, 0.4) is 0 Å². The normalized spacial score (nSPS) is 30.1. The van der Waals surface area contributed by atoms with Gasteiger partial charge in [0.05, 0.1) is 4.91 Å². The van der Waals surface area contributed by atoms with Crippen molar-refractivity contribution >= 4 is 10.0 Å². The van der Waals surface area contributed by atoms with Crippen LogP contribution in [0.2, 0.25) is 0 Å². The lowest BCUT2D eigenvalue weighted by molar-refractivity contribution is 0.328. The van der Waals surface area contributed by atoms with E-state index in [0.717, 1.165) is 32.1 Å². The Morgan fingerprint density at radius 2 is 2.12 bits per heavy atom. The minimum absolute atomic E-state index is 0.125. The van der Waals surface area contributed by atoms with Crippen molar-refractivity contribution in [3.8, 4) is 0 Å². The molecule has 0 radical (unpaired) electrons. The third-order valence-electron chi connectivity index (χ3n) is 3.53. The molecule has 96 valence electrons. The Kier molecular flexibility index (Phi) is 4.05. The molecule has 0 heterocycles. The van der Waals surface area contributed by atoms with Crippen LogP contribution in [0.15, 0.2) is 23.1 Å². The molecule has 3 nitrogen and oxygen atoms in total. The van der Waals surface area contributed by atoms with E-state index in [4.69, 9.17) is 0 Å². The van der Waals surface area contributed by atoms with Gasteiger partial charge in [-0.15, -0.1) is 0 Å². The maximum Gasteiger partial charge on any atom is 0.240 e. The Morgan fingerprint density at radius 1 is 1.29 bits per heavy atom. The molecule has 2 rings (SSSR count). The van der Waals surface area contributed by atoms with Gasteiger partial charge in [-0.3, -0.25) is 0 Å². The average Bonchev–Trinajstić information content (AvgIpc) is 2.29. The molecular formula is C13H21NO2S. The standard InChI is InChI=1S/C13H21NO2S/c1-11-6-5-7-12(10-11)14-17(15,16)13-8-3-2-4-9-13/h3,8-9,11-12,14H,2,4-7,10H2,1H3. The number of hydrogen-bond acceptors (Lipinski definition) is 2. The quantitative estimate of drug-likeness (QED) is 0.843. The van der Waals surface area contributed by atoms with E-state index in [1.165, 1.54) is 6.42 Å². The van der Waals surface area contributed by atoms with Crippen LogP contribution in [0.1, 0.15) is 45.4 Å². The fourth-order valence-electron chi connectivity index (χ4n) is 2.62. The highest BCUT2D eigenvalue weighted by Gasteiger charge is 2.25. The highest BCUT2D eigenvalue weighted by molar-refractivity contribution is 7.93. The van der Waals surface area contributed by atoms with Crippen molar-refractivity contribution in [1.82, 2.24) is 4.72 Å². The van der Waals surface area contributed by atoms with Gasteiger partial charge in [-0.25, -0.2) is 13.1 Å². The van der Waals surface area contributed by atoms with Crippen molar-refractivity contribution in [2.24, 2.45) is 5.92 Å². The first-order chi connectivity index (χ1) is 8.08. The summed E-state index contributed by atoms with van der Waals surface area (Å²) >= 11 is 0. The van der Waals surface area contributed by atoms with Crippen LogP contribution in [0.25, 0.3) is 0 Å². The Bertz CT molecular complexity index is 423. The minimum Gasteiger partial charge on any atom is -0.208 e. The summed E-state index contributed by atoms with van der Waals surface area (Å²) in [6, 6.07) is 0.125. The Balaban J connectivity index is 2.01. The number of rotatable bonds is 3. The van der Waals surface area contributed by atoms with Gasteiger partial charge in [0.25, 0.3) is 0 Å². The molecule has 4 heteroatoms. The lowest BCUT2D eigenvalue weighted by Crippen LogP contribution is -2.38. The Morgan fingerprint density at radius 3 is 2.76 bits per heavy atom. The summed E-state index contributed by atoms with van der Waals surface area (Å²) in [4.78, 5) is 0.446. The van der Waals surface area contributed by atoms with Crippen molar-refractivity contribution in [2.75, 3.05) is 0 Å². The van der Waals surface area contributed by atoms with Crippen LogP contribution in [0.5, 0.6) is 0 Å². The molecule has 2 aliphatic rings. The molecule has 2 atom stereocenters. The zero-order chi connectivity index (χ0) is 12.3. The Labute approximate surface area is 104 Å². The van der Waals surface area contributed by atoms with Crippen molar-refractivity contribution in [3.63, 3.8) is 0 Å². The first-order valence-corrected chi connectivity index (χ1v) is 7.95. The molecule has 0 amide bonds. The van der Waals surface area contributed by atoms with Crippen LogP contribution in [0.4, 0.5) is 0 Å². The third kappa shape index (κ3) is 3.42. The van der Waals surface area contributed by atoms with E-state index in [9.17, 15) is 8.42 Å². The molecule has 0 aromatic carbocycles. The second-order valence-electron chi connectivity index (χ2n) is 5.18. The summed E-state index contributed by atoms with van der Waals surface area (Å²) < 4.78 is 27.1. The zero-order valence-corrected chi connectivity index (χ0v) is 11.2. The van der Waals surface area contributed by atoms with E-state index in [1.807, 2.05) is 12.2 Å². The minimum atomic E-state index is -3.28. The van der Waals surface area contributed by atoms with Gasteiger partial charge >= 0.3 is 0 Å². The molecular weight excluding hydrogens is 234 g/mol. The molecule has 1 saturated carbocycles. The van der Waals surface area contributed by atoms with E-state index in [-0.39, 0.29) is 6.04 Å². The van der Waals surface area contributed by atoms with E-state index in [0.29, 0.717) is 10.8 Å². The molecule has 2 unspecified atom stereocenters. The van der Waals surface area contributed by atoms with Gasteiger partial charge in [0.15, 0.2) is 0 Å². The highest BCUT2D eigenvalue weighted by Crippen LogP contribution is 2.25. The van der Waals surface area contributed by atoms with Crippen molar-refractivity contribution < 1.29 is 8.42 Å². The number of sulfonamides is 1. The van der Waals surface area contributed by atoms with Gasteiger partial charge in [0.2, 0.25) is 10.0 Å². The average molecular weight is 255 g/mol. The molecule has 0 spiro atoms. The van der Waals surface area contributed by atoms with Gasteiger partial charge in [0, 0.05) is 6.04 Å². The number of nitrogens with one attached hydrogen (secondary N) is 1. The largest absolute Gasteiger partial charge is 0.240 e. The van der Waals surface area contributed by atoms with Gasteiger partial charge < -0.3 is 0 Å². The number of allylic oxidation sites excluding steroid dienone is 3. The summed E-state index contributed by atoms with van der Waals surface area (Å²) in [6.07, 6.45) is 11.5. The number of hydrogen-bond donors (Lipinski definition) is 1. The molecule has 17 heavy (non-hydrogen) atoms. The summed E-state index contributed by atoms with van der Waals surface area (Å²) in [5.74, 6) is 0.632. The highest BCUT2D eigenvalue weighted by atomic mass is 32.2. The fourth-order valence-corrected chi connectivity index (χ4v) is 4.02. The predicted molar refractivity (Wildman–Crippen MR) is 69.9 cm³/mol. The lowest BCUT2D eigenvalue weighted by atomic mass is 9.88. The fraction of sp³-hybridized carbons (Fsp3) is 0.692. The second-order valence-corrected chi connectivity index (χ2v) is 6.89. The van der Waals surface area contributed by atoms with E-state index in [2.05, 4.69) is 11.6 Å². The molecule has 1 fully saturated rings. The van der Waals surface area contributed by atoms with Gasteiger partial charge in [-0.1, -0.05) is 31.9 Å². The maximum absolute atomic E-state index is 12.1. The van der Waals surface area contributed by atoms with Gasteiger partial charge in [0.1, 0.15) is 0 Å². The van der Waals surface area contributed by atoms with Crippen LogP contribution in [-0.2, 0) is 10.0 Å². The summed E-state index contributed by atoms with van der Waals surface area (Å²) in [7, 11) is -3.28. The van der Waals surface area contributed by atoms with Gasteiger partial charge in [-0.05, 0) is 37.7 Å². The van der Waals surface area contributed by atoms with Gasteiger partial charge in [-0.2, -0.15) is 0 Å². The van der Waals surface area contributed by atoms with Crippen LogP contribution < -0.4 is 4.72 Å².